The summed E-state index contributed by atoms with van der Waals surface area (Å²) in [7, 11) is 5.04. The van der Waals surface area contributed by atoms with Crippen LogP contribution in [-0.2, 0) is 13.1 Å². The van der Waals surface area contributed by atoms with Gasteiger partial charge in [0.05, 0.1) is 20.3 Å². The predicted molar refractivity (Wildman–Crippen MR) is 129 cm³/mol. The van der Waals surface area contributed by atoms with Crippen molar-refractivity contribution >= 4 is 29.9 Å². The average molecular weight is 526 g/mol. The lowest BCUT2D eigenvalue weighted by Crippen LogP contribution is -2.36. The zero-order valence-corrected chi connectivity index (χ0v) is 20.1. The summed E-state index contributed by atoms with van der Waals surface area (Å²) >= 11 is 0. The highest BCUT2D eigenvalue weighted by molar-refractivity contribution is 14.0. The zero-order chi connectivity index (χ0) is 20.5. The van der Waals surface area contributed by atoms with Gasteiger partial charge in [-0.3, -0.25) is 4.99 Å². The fraction of sp³-hybridized carbons (Fsp3) is 0.455. The number of ether oxygens (including phenoxy) is 3. The normalized spacial score (nSPS) is 14.0. The number of nitrogens with zero attached hydrogens (tertiary/aromatic N) is 2. The van der Waals surface area contributed by atoms with E-state index in [1.54, 1.807) is 27.5 Å². The van der Waals surface area contributed by atoms with Gasteiger partial charge < -0.3 is 24.8 Å². The van der Waals surface area contributed by atoms with E-state index in [2.05, 4.69) is 26.7 Å². The van der Waals surface area contributed by atoms with Crippen LogP contribution in [0.2, 0.25) is 0 Å². The van der Waals surface area contributed by atoms with Crippen LogP contribution >= 0.6 is 24.0 Å². The van der Waals surface area contributed by atoms with Crippen LogP contribution in [0.3, 0.4) is 0 Å². The Balaban J connectivity index is 0.00000320. The number of para-hydroxylation sites is 1. The van der Waals surface area contributed by atoms with Gasteiger partial charge in [0.2, 0.25) is 5.88 Å². The summed E-state index contributed by atoms with van der Waals surface area (Å²) in [5, 5.41) is 6.67. The van der Waals surface area contributed by atoms with Gasteiger partial charge >= 0.3 is 0 Å². The number of benzene rings is 1. The Morgan fingerprint density at radius 2 is 1.87 bits per heavy atom. The van der Waals surface area contributed by atoms with E-state index in [1.807, 2.05) is 24.3 Å². The van der Waals surface area contributed by atoms with E-state index < -0.39 is 0 Å². The van der Waals surface area contributed by atoms with E-state index in [0.717, 1.165) is 35.5 Å². The molecule has 0 atom stereocenters. The Labute approximate surface area is 195 Å². The van der Waals surface area contributed by atoms with Gasteiger partial charge in [0.1, 0.15) is 0 Å². The molecule has 0 amide bonds. The van der Waals surface area contributed by atoms with Crippen molar-refractivity contribution in [3.05, 3.63) is 47.7 Å². The minimum Gasteiger partial charge on any atom is -0.493 e. The number of aliphatic imine (C=N–C) groups is 1. The van der Waals surface area contributed by atoms with Gasteiger partial charge in [0, 0.05) is 38.0 Å². The Morgan fingerprint density at radius 3 is 2.57 bits per heavy atom. The third-order valence-corrected chi connectivity index (χ3v) is 5.01. The lowest BCUT2D eigenvalue weighted by Gasteiger charge is -2.20. The molecule has 30 heavy (non-hydrogen) atoms. The summed E-state index contributed by atoms with van der Waals surface area (Å²) < 4.78 is 17.0. The van der Waals surface area contributed by atoms with Crippen molar-refractivity contribution < 1.29 is 14.2 Å². The van der Waals surface area contributed by atoms with Gasteiger partial charge in [0.25, 0.3) is 0 Å². The number of methoxy groups -OCH3 is 2. The van der Waals surface area contributed by atoms with Crippen LogP contribution in [0.1, 0.15) is 36.8 Å². The molecular formula is C22H31IN4O3. The van der Waals surface area contributed by atoms with Crippen molar-refractivity contribution in [2.75, 3.05) is 21.3 Å². The second-order valence-electron chi connectivity index (χ2n) is 6.96. The van der Waals surface area contributed by atoms with Crippen molar-refractivity contribution in [2.45, 2.75) is 44.9 Å². The van der Waals surface area contributed by atoms with Crippen LogP contribution in [0.25, 0.3) is 0 Å². The molecule has 1 aliphatic carbocycles. The lowest BCUT2D eigenvalue weighted by atomic mass is 10.1. The molecule has 0 bridgehead atoms. The molecule has 8 heteroatoms. The fourth-order valence-corrected chi connectivity index (χ4v) is 3.43. The van der Waals surface area contributed by atoms with E-state index in [0.29, 0.717) is 24.9 Å². The summed E-state index contributed by atoms with van der Waals surface area (Å²) in [4.78, 5) is 8.44. The van der Waals surface area contributed by atoms with Crippen LogP contribution in [0, 0.1) is 0 Å². The average Bonchev–Trinajstić information content (AvgIpc) is 3.28. The number of rotatable bonds is 8. The molecule has 3 rings (SSSR count). The third kappa shape index (κ3) is 6.65. The van der Waals surface area contributed by atoms with E-state index in [4.69, 9.17) is 14.2 Å². The molecule has 1 fully saturated rings. The van der Waals surface area contributed by atoms with Crippen LogP contribution in [0.5, 0.6) is 17.4 Å². The van der Waals surface area contributed by atoms with E-state index >= 15 is 0 Å². The number of aromatic nitrogens is 1. The minimum atomic E-state index is 0. The highest BCUT2D eigenvalue weighted by Gasteiger charge is 2.20. The first-order valence-corrected chi connectivity index (χ1v) is 9.99. The van der Waals surface area contributed by atoms with Crippen molar-refractivity contribution in [1.82, 2.24) is 15.6 Å². The molecule has 0 unspecified atom stereocenters. The topological polar surface area (TPSA) is 77.0 Å². The van der Waals surface area contributed by atoms with Crippen molar-refractivity contribution in [2.24, 2.45) is 4.99 Å². The SMILES string of the molecule is CN=C(NCc1ccnc(OC)c1)NCc1cccc(OC)c1OC1CCCC1.I. The molecular weight excluding hydrogens is 495 g/mol. The Morgan fingerprint density at radius 1 is 1.10 bits per heavy atom. The number of halogens is 1. The molecule has 164 valence electrons. The maximum Gasteiger partial charge on any atom is 0.213 e. The summed E-state index contributed by atoms with van der Waals surface area (Å²) in [5.74, 6) is 2.89. The van der Waals surface area contributed by atoms with Crippen LogP contribution in [0.15, 0.2) is 41.5 Å². The quantitative estimate of drug-likeness (QED) is 0.309. The first-order valence-electron chi connectivity index (χ1n) is 9.99. The third-order valence-electron chi connectivity index (χ3n) is 5.01. The molecule has 2 aromatic rings. The van der Waals surface area contributed by atoms with Gasteiger partial charge in [0.15, 0.2) is 17.5 Å². The van der Waals surface area contributed by atoms with E-state index in [1.165, 1.54) is 12.8 Å². The molecule has 0 radical (unpaired) electrons. The molecule has 0 saturated heterocycles. The van der Waals surface area contributed by atoms with Crippen LogP contribution in [0.4, 0.5) is 0 Å². The Bertz CT molecular complexity index is 826. The zero-order valence-electron chi connectivity index (χ0n) is 17.8. The smallest absolute Gasteiger partial charge is 0.213 e. The van der Waals surface area contributed by atoms with Gasteiger partial charge in [-0.25, -0.2) is 4.98 Å². The highest BCUT2D eigenvalue weighted by atomic mass is 127. The van der Waals surface area contributed by atoms with E-state index in [9.17, 15) is 0 Å². The fourth-order valence-electron chi connectivity index (χ4n) is 3.43. The lowest BCUT2D eigenvalue weighted by molar-refractivity contribution is 0.198. The second-order valence-corrected chi connectivity index (χ2v) is 6.96. The van der Waals surface area contributed by atoms with Crippen molar-refractivity contribution in [1.29, 1.82) is 0 Å². The van der Waals surface area contributed by atoms with Crippen LogP contribution < -0.4 is 24.8 Å². The standard InChI is InChI=1S/C22H30N4O3.HI/c1-23-22(25-14-16-11-12-24-20(13-16)28-3)26-15-17-7-6-10-19(27-2)21(17)29-18-8-4-5-9-18;/h6-7,10-13,18H,4-5,8-9,14-15H2,1-3H3,(H2,23,25,26);1H. The van der Waals surface area contributed by atoms with Gasteiger partial charge in [-0.2, -0.15) is 0 Å². The first-order chi connectivity index (χ1) is 14.2. The molecule has 0 spiro atoms. The monoisotopic (exact) mass is 526 g/mol. The number of nitrogens with one attached hydrogen (secondary N) is 2. The summed E-state index contributed by atoms with van der Waals surface area (Å²) in [6, 6.07) is 9.82. The highest BCUT2D eigenvalue weighted by Crippen LogP contribution is 2.34. The molecule has 1 aromatic heterocycles. The maximum absolute atomic E-state index is 6.30. The summed E-state index contributed by atoms with van der Waals surface area (Å²) in [5.41, 5.74) is 2.11. The second kappa shape index (κ2) is 12.5. The summed E-state index contributed by atoms with van der Waals surface area (Å²) in [6.45, 7) is 1.20. The number of pyridine rings is 1. The van der Waals surface area contributed by atoms with Crippen molar-refractivity contribution in [3.8, 4) is 17.4 Å². The molecule has 1 aliphatic rings. The van der Waals surface area contributed by atoms with Crippen LogP contribution in [-0.4, -0.2) is 38.3 Å². The molecule has 7 nitrogen and oxygen atoms in total. The molecule has 1 heterocycles. The van der Waals surface area contributed by atoms with Crippen molar-refractivity contribution in [3.63, 3.8) is 0 Å². The summed E-state index contributed by atoms with van der Waals surface area (Å²) in [6.07, 6.45) is 6.65. The maximum atomic E-state index is 6.30. The Kier molecular flexibility index (Phi) is 9.99. The molecule has 1 aromatic carbocycles. The number of hydrogen-bond acceptors (Lipinski definition) is 5. The predicted octanol–water partition coefficient (Wildman–Crippen LogP) is 3.90. The first kappa shape index (κ1) is 24.0. The molecule has 1 saturated carbocycles. The molecule has 2 N–H and O–H groups in total. The number of guanidine groups is 1. The van der Waals surface area contributed by atoms with E-state index in [-0.39, 0.29) is 30.1 Å². The largest absolute Gasteiger partial charge is 0.493 e. The minimum absolute atomic E-state index is 0. The Hall–Kier alpha value is -2.23. The van der Waals surface area contributed by atoms with Gasteiger partial charge in [-0.15, -0.1) is 24.0 Å². The van der Waals surface area contributed by atoms with Gasteiger partial charge in [-0.1, -0.05) is 12.1 Å². The number of hydrogen-bond donors (Lipinski definition) is 2. The molecule has 0 aliphatic heterocycles. The van der Waals surface area contributed by atoms with Gasteiger partial charge in [-0.05, 0) is 43.4 Å².